The molecule has 0 saturated heterocycles. The molecule has 0 unspecified atom stereocenters. The lowest BCUT2D eigenvalue weighted by molar-refractivity contribution is -0.137. The lowest BCUT2D eigenvalue weighted by Gasteiger charge is -2.18. The number of hydrogen-bond donors (Lipinski definition) is 3. The second-order valence-electron chi connectivity index (χ2n) is 8.18. The predicted molar refractivity (Wildman–Crippen MR) is 114 cm³/mol. The summed E-state index contributed by atoms with van der Waals surface area (Å²) in [5.41, 5.74) is 2.05. The van der Waals surface area contributed by atoms with Gasteiger partial charge in [-0.05, 0) is 24.0 Å². The number of carboxylic acid groups (broad SMARTS) is 1. The molecule has 1 saturated carbocycles. The highest BCUT2D eigenvalue weighted by Gasteiger charge is 2.39. The topological polar surface area (TPSA) is 104 Å². The third kappa shape index (κ3) is 8.01. The van der Waals surface area contributed by atoms with Gasteiger partial charge in [-0.3, -0.25) is 9.59 Å². The SMILES string of the molecule is COCc1cccc(C[C@@H](O)/C=C/[C@H]2[C@H](O)CC(=O)[C@@H]2CCCCCCC(=O)O)c1. The minimum Gasteiger partial charge on any atom is -0.481 e. The van der Waals surface area contributed by atoms with Gasteiger partial charge < -0.3 is 20.1 Å². The van der Waals surface area contributed by atoms with E-state index in [2.05, 4.69) is 0 Å². The van der Waals surface area contributed by atoms with Gasteiger partial charge in [0.25, 0.3) is 0 Å². The summed E-state index contributed by atoms with van der Waals surface area (Å²) in [6.07, 6.45) is 6.77. The van der Waals surface area contributed by atoms with Crippen LogP contribution in [0.4, 0.5) is 0 Å². The van der Waals surface area contributed by atoms with Gasteiger partial charge in [0.05, 0.1) is 18.8 Å². The van der Waals surface area contributed by atoms with Crippen molar-refractivity contribution in [2.45, 2.75) is 70.2 Å². The molecule has 4 atom stereocenters. The lowest BCUT2D eigenvalue weighted by Crippen LogP contribution is -2.19. The molecule has 0 radical (unpaired) electrons. The van der Waals surface area contributed by atoms with E-state index in [1.165, 1.54) is 0 Å². The summed E-state index contributed by atoms with van der Waals surface area (Å²) >= 11 is 0. The van der Waals surface area contributed by atoms with Crippen molar-refractivity contribution in [2.24, 2.45) is 11.8 Å². The Morgan fingerprint density at radius 1 is 1.23 bits per heavy atom. The molecule has 30 heavy (non-hydrogen) atoms. The monoisotopic (exact) mass is 418 g/mol. The van der Waals surface area contributed by atoms with Gasteiger partial charge in [0.1, 0.15) is 5.78 Å². The number of ketones is 1. The Hall–Kier alpha value is -2.02. The van der Waals surface area contributed by atoms with Gasteiger partial charge in [-0.25, -0.2) is 0 Å². The summed E-state index contributed by atoms with van der Waals surface area (Å²) in [5.74, 6) is -1.21. The van der Waals surface area contributed by atoms with E-state index >= 15 is 0 Å². The quantitative estimate of drug-likeness (QED) is 0.335. The van der Waals surface area contributed by atoms with Gasteiger partial charge in [-0.15, -0.1) is 0 Å². The molecule has 1 aliphatic carbocycles. The average molecular weight is 419 g/mol. The third-order valence-electron chi connectivity index (χ3n) is 5.69. The molecule has 2 rings (SSSR count). The van der Waals surface area contributed by atoms with Crippen molar-refractivity contribution in [3.8, 4) is 0 Å². The van der Waals surface area contributed by atoms with Crippen molar-refractivity contribution >= 4 is 11.8 Å². The Morgan fingerprint density at radius 3 is 2.70 bits per heavy atom. The summed E-state index contributed by atoms with van der Waals surface area (Å²) in [6.45, 7) is 0.522. The van der Waals surface area contributed by atoms with Crippen LogP contribution in [-0.4, -0.2) is 46.4 Å². The fourth-order valence-corrected chi connectivity index (χ4v) is 4.17. The molecular weight excluding hydrogens is 384 g/mol. The van der Waals surface area contributed by atoms with Crippen molar-refractivity contribution in [3.63, 3.8) is 0 Å². The molecule has 3 N–H and O–H groups in total. The van der Waals surface area contributed by atoms with Crippen LogP contribution in [0.2, 0.25) is 0 Å². The summed E-state index contributed by atoms with van der Waals surface area (Å²) in [7, 11) is 1.64. The van der Waals surface area contributed by atoms with E-state index in [4.69, 9.17) is 9.84 Å². The highest BCUT2D eigenvalue weighted by molar-refractivity contribution is 5.84. The highest BCUT2D eigenvalue weighted by atomic mass is 16.5. The van der Waals surface area contributed by atoms with Gasteiger partial charge in [0, 0.05) is 38.2 Å². The molecule has 1 aromatic carbocycles. The maximum absolute atomic E-state index is 12.3. The number of aliphatic carboxylic acids is 1. The van der Waals surface area contributed by atoms with E-state index in [-0.39, 0.29) is 30.5 Å². The normalized spacial score (nSPS) is 22.6. The van der Waals surface area contributed by atoms with Crippen LogP contribution < -0.4 is 0 Å². The molecule has 1 fully saturated rings. The fraction of sp³-hybridized carbons (Fsp3) is 0.583. The number of aliphatic hydroxyl groups is 2. The first kappa shape index (κ1) is 24.3. The predicted octanol–water partition coefficient (Wildman–Crippen LogP) is 3.28. The van der Waals surface area contributed by atoms with E-state index in [1.54, 1.807) is 19.3 Å². The summed E-state index contributed by atoms with van der Waals surface area (Å²) in [5, 5.41) is 29.4. The van der Waals surface area contributed by atoms with Crippen LogP contribution in [-0.2, 0) is 27.4 Å². The third-order valence-corrected chi connectivity index (χ3v) is 5.69. The summed E-state index contributed by atoms with van der Waals surface area (Å²) in [6, 6.07) is 7.87. The van der Waals surface area contributed by atoms with Gasteiger partial charge >= 0.3 is 5.97 Å². The molecule has 0 bridgehead atoms. The minimum atomic E-state index is -0.779. The van der Waals surface area contributed by atoms with Crippen LogP contribution in [0.3, 0.4) is 0 Å². The van der Waals surface area contributed by atoms with Crippen LogP contribution in [0.5, 0.6) is 0 Å². The highest BCUT2D eigenvalue weighted by Crippen LogP contribution is 2.34. The van der Waals surface area contributed by atoms with Crippen molar-refractivity contribution in [2.75, 3.05) is 7.11 Å². The average Bonchev–Trinajstić information content (AvgIpc) is 2.95. The molecule has 0 heterocycles. The molecule has 0 aromatic heterocycles. The van der Waals surface area contributed by atoms with Gasteiger partial charge in [-0.1, -0.05) is 55.7 Å². The smallest absolute Gasteiger partial charge is 0.303 e. The Balaban J connectivity index is 1.85. The van der Waals surface area contributed by atoms with Crippen LogP contribution in [0.25, 0.3) is 0 Å². The maximum atomic E-state index is 12.3. The van der Waals surface area contributed by atoms with E-state index < -0.39 is 18.2 Å². The Kier molecular flexibility index (Phi) is 10.2. The second-order valence-corrected chi connectivity index (χ2v) is 8.18. The molecule has 6 nitrogen and oxygen atoms in total. The Bertz CT molecular complexity index is 713. The largest absolute Gasteiger partial charge is 0.481 e. The molecule has 6 heteroatoms. The van der Waals surface area contributed by atoms with Crippen molar-refractivity contribution in [3.05, 3.63) is 47.5 Å². The molecule has 0 aliphatic heterocycles. The zero-order chi connectivity index (χ0) is 21.9. The number of aliphatic hydroxyl groups excluding tert-OH is 2. The molecule has 1 aliphatic rings. The van der Waals surface area contributed by atoms with Gasteiger partial charge in [0.2, 0.25) is 0 Å². The Morgan fingerprint density at radius 2 is 1.97 bits per heavy atom. The van der Waals surface area contributed by atoms with Crippen LogP contribution in [0.1, 0.15) is 56.1 Å². The molecule has 1 aromatic rings. The van der Waals surface area contributed by atoms with E-state index in [1.807, 2.05) is 24.3 Å². The van der Waals surface area contributed by atoms with E-state index in [0.29, 0.717) is 25.9 Å². The number of methoxy groups -OCH3 is 1. The first-order chi connectivity index (χ1) is 14.4. The van der Waals surface area contributed by atoms with Crippen LogP contribution >= 0.6 is 0 Å². The number of hydrogen-bond acceptors (Lipinski definition) is 5. The van der Waals surface area contributed by atoms with Crippen molar-refractivity contribution < 1.29 is 29.6 Å². The van der Waals surface area contributed by atoms with Gasteiger partial charge in [-0.2, -0.15) is 0 Å². The van der Waals surface area contributed by atoms with Gasteiger partial charge in [0.15, 0.2) is 0 Å². The van der Waals surface area contributed by atoms with Crippen molar-refractivity contribution in [1.29, 1.82) is 0 Å². The summed E-state index contributed by atoms with van der Waals surface area (Å²) in [4.78, 5) is 22.8. The maximum Gasteiger partial charge on any atom is 0.303 e. The zero-order valence-corrected chi connectivity index (χ0v) is 17.7. The number of carboxylic acids is 1. The first-order valence-electron chi connectivity index (χ1n) is 10.8. The molecule has 0 amide bonds. The molecule has 166 valence electrons. The first-order valence-corrected chi connectivity index (χ1v) is 10.8. The van der Waals surface area contributed by atoms with Crippen LogP contribution in [0, 0.1) is 11.8 Å². The number of carbonyl (C=O) groups is 2. The molecule has 0 spiro atoms. The Labute approximate surface area is 178 Å². The number of carbonyl (C=O) groups excluding carboxylic acids is 1. The standard InChI is InChI=1S/C24H34O6/c1-30-16-18-8-6-7-17(13-18)14-19(25)11-12-21-20(22(26)15-23(21)27)9-4-2-3-5-10-24(28)29/h6-8,11-13,19-21,23,25,27H,2-5,9-10,14-16H2,1H3,(H,28,29)/b12-11+/t19-,20+,21+,23+/m0/s1. The minimum absolute atomic E-state index is 0.0736. The second kappa shape index (κ2) is 12.6. The lowest BCUT2D eigenvalue weighted by atomic mass is 9.88. The number of rotatable bonds is 13. The zero-order valence-electron chi connectivity index (χ0n) is 17.7. The van der Waals surface area contributed by atoms with Crippen molar-refractivity contribution in [1.82, 2.24) is 0 Å². The molecular formula is C24H34O6. The van der Waals surface area contributed by atoms with E-state index in [0.717, 1.165) is 30.4 Å². The van der Waals surface area contributed by atoms with Crippen LogP contribution in [0.15, 0.2) is 36.4 Å². The van der Waals surface area contributed by atoms with E-state index in [9.17, 15) is 19.8 Å². The fourth-order valence-electron chi connectivity index (χ4n) is 4.17. The number of benzene rings is 1. The summed E-state index contributed by atoms with van der Waals surface area (Å²) < 4.78 is 5.14. The number of ether oxygens (including phenoxy) is 1. The number of unbranched alkanes of at least 4 members (excludes halogenated alkanes) is 3. The number of Topliss-reactive ketones (excluding diaryl/α,β-unsaturated/α-hetero) is 1.